The average molecular weight is 274 g/mol. The molecule has 0 atom stereocenters. The molecule has 0 aliphatic carbocycles. The highest BCUT2D eigenvalue weighted by molar-refractivity contribution is 5.47. The molecule has 0 saturated carbocycles. The minimum atomic E-state index is 0.305. The topological polar surface area (TPSA) is 67.7 Å². The van der Waals surface area contributed by atoms with E-state index in [-0.39, 0.29) is 0 Å². The Labute approximate surface area is 119 Å². The van der Waals surface area contributed by atoms with Crippen LogP contribution in [-0.2, 0) is 13.5 Å². The van der Waals surface area contributed by atoms with Crippen molar-refractivity contribution in [2.24, 2.45) is 7.05 Å². The molecule has 2 aromatic rings. The molecule has 20 heavy (non-hydrogen) atoms. The molecule has 6 heteroatoms. The van der Waals surface area contributed by atoms with Crippen LogP contribution in [-0.4, -0.2) is 33.3 Å². The molecule has 0 amide bonds. The summed E-state index contributed by atoms with van der Waals surface area (Å²) < 4.78 is 1.82. The number of aromatic nitrogens is 4. The third-order valence-electron chi connectivity index (χ3n) is 2.97. The molecule has 2 heterocycles. The van der Waals surface area contributed by atoms with E-state index in [1.54, 1.807) is 0 Å². The zero-order valence-electron chi connectivity index (χ0n) is 12.5. The zero-order valence-corrected chi connectivity index (χ0v) is 12.5. The highest BCUT2D eigenvalue weighted by atomic mass is 15.2. The van der Waals surface area contributed by atoms with Gasteiger partial charge < -0.3 is 10.6 Å². The standard InChI is InChI=1S/C14H22N6/c1-10(2)14-17-12(15-3)9-13(18-14)16-7-5-11-6-8-20(4)19-11/h6,8-10H,5,7H2,1-4H3,(H2,15,16,17,18). The SMILES string of the molecule is CNc1cc(NCCc2ccn(C)n2)nc(C(C)C)n1. The highest BCUT2D eigenvalue weighted by Crippen LogP contribution is 2.16. The fourth-order valence-corrected chi connectivity index (χ4v) is 1.86. The van der Waals surface area contributed by atoms with Crippen molar-refractivity contribution in [2.45, 2.75) is 26.2 Å². The van der Waals surface area contributed by atoms with Crippen molar-refractivity contribution < 1.29 is 0 Å². The van der Waals surface area contributed by atoms with Gasteiger partial charge in [-0.2, -0.15) is 5.10 Å². The van der Waals surface area contributed by atoms with Crippen molar-refractivity contribution >= 4 is 11.6 Å². The van der Waals surface area contributed by atoms with Gasteiger partial charge in [-0.1, -0.05) is 13.8 Å². The molecule has 0 radical (unpaired) electrons. The van der Waals surface area contributed by atoms with Crippen LogP contribution in [0.3, 0.4) is 0 Å². The Hall–Kier alpha value is -2.11. The van der Waals surface area contributed by atoms with Gasteiger partial charge in [0.2, 0.25) is 0 Å². The van der Waals surface area contributed by atoms with Crippen LogP contribution in [0.4, 0.5) is 11.6 Å². The van der Waals surface area contributed by atoms with Crippen molar-refractivity contribution in [3.05, 3.63) is 29.8 Å². The summed E-state index contributed by atoms with van der Waals surface area (Å²) in [5, 5.41) is 10.8. The predicted molar refractivity (Wildman–Crippen MR) is 81.1 cm³/mol. The van der Waals surface area contributed by atoms with Gasteiger partial charge in [0.05, 0.1) is 5.69 Å². The van der Waals surface area contributed by atoms with Crippen LogP contribution >= 0.6 is 0 Å². The fraction of sp³-hybridized carbons (Fsp3) is 0.500. The second-order valence-corrected chi connectivity index (χ2v) is 5.06. The lowest BCUT2D eigenvalue weighted by Crippen LogP contribution is -2.10. The van der Waals surface area contributed by atoms with Gasteiger partial charge in [-0.05, 0) is 6.07 Å². The molecule has 0 spiro atoms. The zero-order chi connectivity index (χ0) is 14.5. The molecule has 0 saturated heterocycles. The highest BCUT2D eigenvalue weighted by Gasteiger charge is 2.07. The third-order valence-corrected chi connectivity index (χ3v) is 2.97. The van der Waals surface area contributed by atoms with Gasteiger partial charge in [0, 0.05) is 45.2 Å². The Morgan fingerprint density at radius 1 is 1.25 bits per heavy atom. The average Bonchev–Trinajstić information content (AvgIpc) is 2.84. The van der Waals surface area contributed by atoms with Crippen LogP contribution < -0.4 is 10.6 Å². The molecule has 6 nitrogen and oxygen atoms in total. The molecule has 0 aromatic carbocycles. The van der Waals surface area contributed by atoms with E-state index in [0.29, 0.717) is 5.92 Å². The van der Waals surface area contributed by atoms with Gasteiger partial charge in [-0.25, -0.2) is 9.97 Å². The number of nitrogens with zero attached hydrogens (tertiary/aromatic N) is 4. The number of hydrogen-bond acceptors (Lipinski definition) is 5. The molecule has 0 aliphatic rings. The van der Waals surface area contributed by atoms with Crippen molar-refractivity contribution in [1.29, 1.82) is 0 Å². The maximum atomic E-state index is 4.53. The second kappa shape index (κ2) is 6.36. The van der Waals surface area contributed by atoms with Gasteiger partial charge in [0.1, 0.15) is 17.5 Å². The van der Waals surface area contributed by atoms with E-state index in [2.05, 4.69) is 39.5 Å². The monoisotopic (exact) mass is 274 g/mol. The minimum absolute atomic E-state index is 0.305. The number of rotatable bonds is 6. The van der Waals surface area contributed by atoms with E-state index in [9.17, 15) is 0 Å². The van der Waals surface area contributed by atoms with Crippen molar-refractivity contribution in [2.75, 3.05) is 24.2 Å². The van der Waals surface area contributed by atoms with Crippen molar-refractivity contribution in [1.82, 2.24) is 19.7 Å². The number of anilines is 2. The summed E-state index contributed by atoms with van der Waals surface area (Å²) in [6.45, 7) is 4.98. The van der Waals surface area contributed by atoms with E-state index in [1.165, 1.54) is 0 Å². The van der Waals surface area contributed by atoms with Gasteiger partial charge in [0.25, 0.3) is 0 Å². The Kier molecular flexibility index (Phi) is 4.55. The Morgan fingerprint density at radius 2 is 2.00 bits per heavy atom. The van der Waals surface area contributed by atoms with Crippen LogP contribution in [0.25, 0.3) is 0 Å². The Morgan fingerprint density at radius 3 is 2.60 bits per heavy atom. The maximum Gasteiger partial charge on any atom is 0.135 e. The summed E-state index contributed by atoms with van der Waals surface area (Å²) in [6, 6.07) is 3.95. The van der Waals surface area contributed by atoms with Crippen LogP contribution in [0.1, 0.15) is 31.3 Å². The van der Waals surface area contributed by atoms with Gasteiger partial charge in [-0.15, -0.1) is 0 Å². The van der Waals surface area contributed by atoms with E-state index >= 15 is 0 Å². The first-order valence-corrected chi connectivity index (χ1v) is 6.87. The van der Waals surface area contributed by atoms with Crippen molar-refractivity contribution in [3.8, 4) is 0 Å². The first-order valence-electron chi connectivity index (χ1n) is 6.87. The summed E-state index contributed by atoms with van der Waals surface area (Å²) >= 11 is 0. The molecule has 2 aromatic heterocycles. The molecule has 0 bridgehead atoms. The number of nitrogens with one attached hydrogen (secondary N) is 2. The molecule has 2 rings (SSSR count). The fourth-order valence-electron chi connectivity index (χ4n) is 1.86. The van der Waals surface area contributed by atoms with E-state index in [0.717, 1.165) is 36.1 Å². The Bertz CT molecular complexity index is 561. The lowest BCUT2D eigenvalue weighted by atomic mass is 10.2. The minimum Gasteiger partial charge on any atom is -0.373 e. The molecule has 0 unspecified atom stereocenters. The summed E-state index contributed by atoms with van der Waals surface area (Å²) in [6.07, 6.45) is 2.83. The summed E-state index contributed by atoms with van der Waals surface area (Å²) in [4.78, 5) is 8.97. The van der Waals surface area contributed by atoms with E-state index in [1.807, 2.05) is 37.1 Å². The molecule has 108 valence electrons. The summed E-state index contributed by atoms with van der Waals surface area (Å²) in [5.41, 5.74) is 1.08. The summed E-state index contributed by atoms with van der Waals surface area (Å²) in [7, 11) is 3.79. The largest absolute Gasteiger partial charge is 0.373 e. The molecular weight excluding hydrogens is 252 g/mol. The van der Waals surface area contributed by atoms with Crippen molar-refractivity contribution in [3.63, 3.8) is 0 Å². The second-order valence-electron chi connectivity index (χ2n) is 5.06. The van der Waals surface area contributed by atoms with E-state index in [4.69, 9.17) is 0 Å². The number of aryl methyl sites for hydroxylation is 1. The van der Waals surface area contributed by atoms with E-state index < -0.39 is 0 Å². The van der Waals surface area contributed by atoms with Crippen LogP contribution in [0, 0.1) is 0 Å². The lowest BCUT2D eigenvalue weighted by Gasteiger charge is -2.11. The molecule has 0 aliphatic heterocycles. The molecular formula is C14H22N6. The van der Waals surface area contributed by atoms with Gasteiger partial charge in [-0.3, -0.25) is 4.68 Å². The number of hydrogen-bond donors (Lipinski definition) is 2. The molecule has 0 fully saturated rings. The van der Waals surface area contributed by atoms with Crippen LogP contribution in [0.15, 0.2) is 18.3 Å². The third kappa shape index (κ3) is 3.69. The first-order chi connectivity index (χ1) is 9.58. The Balaban J connectivity index is 1.99. The van der Waals surface area contributed by atoms with Crippen LogP contribution in [0.5, 0.6) is 0 Å². The first kappa shape index (κ1) is 14.3. The maximum absolute atomic E-state index is 4.53. The molecule has 2 N–H and O–H groups in total. The normalized spacial score (nSPS) is 10.8. The lowest BCUT2D eigenvalue weighted by molar-refractivity contribution is 0.741. The smallest absolute Gasteiger partial charge is 0.135 e. The quantitative estimate of drug-likeness (QED) is 0.843. The van der Waals surface area contributed by atoms with Gasteiger partial charge in [0.15, 0.2) is 0 Å². The van der Waals surface area contributed by atoms with Gasteiger partial charge >= 0.3 is 0 Å². The predicted octanol–water partition coefficient (Wildman–Crippen LogP) is 2.03. The summed E-state index contributed by atoms with van der Waals surface area (Å²) in [5.74, 6) is 2.84. The van der Waals surface area contributed by atoms with Crippen LogP contribution in [0.2, 0.25) is 0 Å².